The van der Waals surface area contributed by atoms with E-state index in [1.54, 1.807) is 6.92 Å². The molecule has 0 aliphatic heterocycles. The highest BCUT2D eigenvalue weighted by atomic mass is 32.2. The molecule has 1 aliphatic rings. The highest BCUT2D eigenvalue weighted by molar-refractivity contribution is 7.99. The van der Waals surface area contributed by atoms with E-state index in [0.29, 0.717) is 28.9 Å². The Kier molecular flexibility index (Phi) is 3.63. The maximum atomic E-state index is 11.2. The Balaban J connectivity index is 2.38. The number of aryl methyl sites for hydroxylation is 1. The first-order chi connectivity index (χ1) is 8.13. The second kappa shape index (κ2) is 5.01. The van der Waals surface area contributed by atoms with Gasteiger partial charge in [-0.3, -0.25) is 0 Å². The summed E-state index contributed by atoms with van der Waals surface area (Å²) in [7, 11) is 0. The molecule has 2 rings (SSSR count). The molecule has 0 spiro atoms. The molecule has 1 aliphatic carbocycles. The molecule has 1 aromatic rings. The molecular weight excluding hydrogens is 238 g/mol. The van der Waals surface area contributed by atoms with Crippen molar-refractivity contribution in [1.82, 2.24) is 9.97 Å². The molecule has 0 amide bonds. The zero-order valence-electron chi connectivity index (χ0n) is 9.64. The highest BCUT2D eigenvalue weighted by Crippen LogP contribution is 2.39. The van der Waals surface area contributed by atoms with Gasteiger partial charge in [0.1, 0.15) is 16.4 Å². The smallest absolute Gasteiger partial charge is 0.340 e. The topological polar surface area (TPSA) is 89.1 Å². The third kappa shape index (κ3) is 2.76. The first-order valence-corrected chi connectivity index (χ1v) is 6.56. The van der Waals surface area contributed by atoms with E-state index in [1.807, 2.05) is 0 Å². The minimum absolute atomic E-state index is 0.216. The molecule has 1 fully saturated rings. The van der Waals surface area contributed by atoms with Crippen LogP contribution in [0.15, 0.2) is 5.03 Å². The molecule has 0 radical (unpaired) electrons. The van der Waals surface area contributed by atoms with E-state index < -0.39 is 5.97 Å². The van der Waals surface area contributed by atoms with Crippen molar-refractivity contribution in [3.63, 3.8) is 0 Å². The van der Waals surface area contributed by atoms with Gasteiger partial charge in [0.25, 0.3) is 0 Å². The van der Waals surface area contributed by atoms with Crippen molar-refractivity contribution in [2.75, 3.05) is 12.3 Å². The van der Waals surface area contributed by atoms with E-state index in [1.165, 1.54) is 11.8 Å². The summed E-state index contributed by atoms with van der Waals surface area (Å²) < 4.78 is 0. The van der Waals surface area contributed by atoms with Crippen molar-refractivity contribution in [2.24, 2.45) is 5.73 Å². The van der Waals surface area contributed by atoms with Crippen LogP contribution in [0.3, 0.4) is 0 Å². The Morgan fingerprint density at radius 3 is 2.76 bits per heavy atom. The molecule has 17 heavy (non-hydrogen) atoms. The molecule has 0 bridgehead atoms. The lowest BCUT2D eigenvalue weighted by Crippen LogP contribution is -2.10. The van der Waals surface area contributed by atoms with Crippen LogP contribution in [-0.2, 0) is 0 Å². The van der Waals surface area contributed by atoms with Gasteiger partial charge < -0.3 is 10.8 Å². The van der Waals surface area contributed by atoms with Gasteiger partial charge in [-0.2, -0.15) is 0 Å². The van der Waals surface area contributed by atoms with E-state index >= 15 is 0 Å². The molecule has 3 N–H and O–H groups in total. The number of rotatable bonds is 5. The number of aromatic nitrogens is 2. The minimum atomic E-state index is -0.968. The van der Waals surface area contributed by atoms with Crippen LogP contribution in [0.5, 0.6) is 0 Å². The summed E-state index contributed by atoms with van der Waals surface area (Å²) in [6.45, 7) is 2.23. The minimum Gasteiger partial charge on any atom is -0.478 e. The summed E-state index contributed by atoms with van der Waals surface area (Å²) in [6, 6.07) is 0. The van der Waals surface area contributed by atoms with Gasteiger partial charge in [0.2, 0.25) is 0 Å². The third-order valence-electron chi connectivity index (χ3n) is 2.59. The van der Waals surface area contributed by atoms with Crippen molar-refractivity contribution in [3.05, 3.63) is 17.1 Å². The Labute approximate surface area is 104 Å². The predicted octanol–water partition coefficient (Wildman–Crippen LogP) is 1.41. The molecule has 6 heteroatoms. The van der Waals surface area contributed by atoms with E-state index in [9.17, 15) is 4.79 Å². The summed E-state index contributed by atoms with van der Waals surface area (Å²) >= 11 is 1.39. The molecule has 5 nitrogen and oxygen atoms in total. The van der Waals surface area contributed by atoms with Gasteiger partial charge in [-0.1, -0.05) is 0 Å². The van der Waals surface area contributed by atoms with E-state index in [2.05, 4.69) is 9.97 Å². The van der Waals surface area contributed by atoms with Crippen LogP contribution < -0.4 is 5.73 Å². The van der Waals surface area contributed by atoms with Crippen molar-refractivity contribution in [3.8, 4) is 0 Å². The van der Waals surface area contributed by atoms with E-state index in [4.69, 9.17) is 10.8 Å². The van der Waals surface area contributed by atoms with Gasteiger partial charge in [-0.15, -0.1) is 11.8 Å². The van der Waals surface area contributed by atoms with Gasteiger partial charge >= 0.3 is 5.97 Å². The number of nitrogens with two attached hydrogens (primary N) is 1. The second-order valence-corrected chi connectivity index (χ2v) is 5.15. The molecule has 0 unspecified atom stereocenters. The fraction of sp³-hybridized carbons (Fsp3) is 0.545. The zero-order valence-corrected chi connectivity index (χ0v) is 10.5. The van der Waals surface area contributed by atoms with Crippen molar-refractivity contribution < 1.29 is 9.90 Å². The molecule has 0 aromatic carbocycles. The van der Waals surface area contributed by atoms with Crippen molar-refractivity contribution in [1.29, 1.82) is 0 Å². The Hall–Kier alpha value is -1.14. The number of hydrogen-bond acceptors (Lipinski definition) is 5. The zero-order chi connectivity index (χ0) is 12.4. The van der Waals surface area contributed by atoms with E-state index in [-0.39, 0.29) is 5.56 Å². The maximum absolute atomic E-state index is 11.2. The molecular formula is C11H15N3O2S. The summed E-state index contributed by atoms with van der Waals surface area (Å²) in [5, 5.41) is 9.72. The van der Waals surface area contributed by atoms with Crippen molar-refractivity contribution >= 4 is 17.7 Å². The Bertz CT molecular complexity index is 447. The average Bonchev–Trinajstić information content (AvgIpc) is 3.08. The van der Waals surface area contributed by atoms with Crippen LogP contribution in [-0.4, -0.2) is 33.3 Å². The lowest BCUT2D eigenvalue weighted by molar-refractivity contribution is 0.0690. The van der Waals surface area contributed by atoms with Crippen LogP contribution in [0.25, 0.3) is 0 Å². The Morgan fingerprint density at radius 1 is 1.53 bits per heavy atom. The largest absolute Gasteiger partial charge is 0.478 e. The number of nitrogens with zero attached hydrogens (tertiary/aromatic N) is 2. The number of hydrogen-bond donors (Lipinski definition) is 2. The number of carbonyl (C=O) groups is 1. The lowest BCUT2D eigenvalue weighted by Gasteiger charge is -2.09. The quantitative estimate of drug-likeness (QED) is 0.609. The Morgan fingerprint density at radius 2 is 2.24 bits per heavy atom. The molecule has 0 saturated heterocycles. The molecule has 0 atom stereocenters. The van der Waals surface area contributed by atoms with Crippen LogP contribution in [0.4, 0.5) is 0 Å². The maximum Gasteiger partial charge on any atom is 0.340 e. The first kappa shape index (κ1) is 12.3. The fourth-order valence-electron chi connectivity index (χ4n) is 1.60. The van der Waals surface area contributed by atoms with Crippen LogP contribution in [0.1, 0.15) is 40.6 Å². The number of aromatic carboxylic acids is 1. The van der Waals surface area contributed by atoms with Crippen LogP contribution in [0, 0.1) is 6.92 Å². The van der Waals surface area contributed by atoms with Gasteiger partial charge in [0.15, 0.2) is 0 Å². The monoisotopic (exact) mass is 253 g/mol. The number of thioether (sulfide) groups is 1. The van der Waals surface area contributed by atoms with Crippen LogP contribution >= 0.6 is 11.8 Å². The summed E-state index contributed by atoms with van der Waals surface area (Å²) in [4.78, 5) is 19.8. The molecule has 1 heterocycles. The predicted molar refractivity (Wildman–Crippen MR) is 65.5 cm³/mol. The lowest BCUT2D eigenvalue weighted by atomic mass is 10.2. The SMILES string of the molecule is Cc1nc(C2CC2)nc(SCCN)c1C(=O)O. The fourth-order valence-corrected chi connectivity index (χ4v) is 2.45. The molecule has 92 valence electrons. The standard InChI is InChI=1S/C11H15N3O2S/c1-6-8(11(15)16)10(17-5-4-12)14-9(13-6)7-2-3-7/h7H,2-5,12H2,1H3,(H,15,16). The third-order valence-corrected chi connectivity index (χ3v) is 3.60. The average molecular weight is 253 g/mol. The van der Waals surface area contributed by atoms with Gasteiger partial charge in [0.05, 0.1) is 5.69 Å². The van der Waals surface area contributed by atoms with Crippen molar-refractivity contribution in [2.45, 2.75) is 30.7 Å². The summed E-state index contributed by atoms with van der Waals surface area (Å²) in [5.74, 6) is 0.908. The van der Waals surface area contributed by atoms with Crippen LogP contribution in [0.2, 0.25) is 0 Å². The second-order valence-electron chi connectivity index (χ2n) is 4.06. The first-order valence-electron chi connectivity index (χ1n) is 5.58. The normalized spacial score (nSPS) is 14.9. The highest BCUT2D eigenvalue weighted by Gasteiger charge is 2.29. The summed E-state index contributed by atoms with van der Waals surface area (Å²) in [5.41, 5.74) is 6.20. The number of carboxylic acid groups (broad SMARTS) is 1. The van der Waals surface area contributed by atoms with Gasteiger partial charge in [0, 0.05) is 18.2 Å². The van der Waals surface area contributed by atoms with Gasteiger partial charge in [-0.05, 0) is 19.8 Å². The molecule has 1 saturated carbocycles. The molecule has 1 aromatic heterocycles. The number of carboxylic acids is 1. The summed E-state index contributed by atoms with van der Waals surface area (Å²) in [6.07, 6.45) is 2.21. The van der Waals surface area contributed by atoms with Gasteiger partial charge in [-0.25, -0.2) is 14.8 Å². The van der Waals surface area contributed by atoms with E-state index in [0.717, 1.165) is 18.7 Å².